The summed E-state index contributed by atoms with van der Waals surface area (Å²) in [5.74, 6) is -0.971. The van der Waals surface area contributed by atoms with Crippen LogP contribution in [0.2, 0.25) is 0 Å². The minimum absolute atomic E-state index is 0.102. The zero-order valence-electron chi connectivity index (χ0n) is 43.9. The molecule has 67 heavy (non-hydrogen) atoms. The lowest BCUT2D eigenvalue weighted by Gasteiger charge is -2.18. The van der Waals surface area contributed by atoms with E-state index in [-0.39, 0.29) is 37.5 Å². The normalized spacial score (nSPS) is 12.7. The van der Waals surface area contributed by atoms with Crippen molar-refractivity contribution in [3.05, 3.63) is 85.1 Å². The molecular weight excluding hydrogens is 829 g/mol. The third-order valence-corrected chi connectivity index (χ3v) is 11.9. The van der Waals surface area contributed by atoms with Crippen molar-refractivity contribution in [3.63, 3.8) is 0 Å². The Labute approximate surface area is 414 Å². The highest BCUT2D eigenvalue weighted by Gasteiger charge is 2.19. The van der Waals surface area contributed by atoms with Crippen LogP contribution < -0.4 is 0 Å². The van der Waals surface area contributed by atoms with Crippen molar-refractivity contribution in [2.45, 2.75) is 271 Å². The van der Waals surface area contributed by atoms with Crippen molar-refractivity contribution in [1.82, 2.24) is 0 Å². The molecule has 0 aromatic heterocycles. The Kier molecular flexibility index (Phi) is 52.4. The molecule has 0 N–H and O–H groups in total. The van der Waals surface area contributed by atoms with Gasteiger partial charge in [-0.1, -0.05) is 241 Å². The summed E-state index contributed by atoms with van der Waals surface area (Å²) in [6.07, 6.45) is 71.5. The maximum Gasteiger partial charge on any atom is 0.306 e. The Morgan fingerprint density at radius 3 is 0.985 bits per heavy atom. The number of hydrogen-bond acceptors (Lipinski definition) is 6. The Balaban J connectivity index is 4.48. The molecule has 0 saturated heterocycles. The van der Waals surface area contributed by atoms with Crippen LogP contribution in [0.3, 0.4) is 0 Å². The van der Waals surface area contributed by atoms with E-state index >= 15 is 0 Å². The van der Waals surface area contributed by atoms with E-state index in [0.29, 0.717) is 19.3 Å². The summed E-state index contributed by atoms with van der Waals surface area (Å²) in [6, 6.07) is 0. The number of hydrogen-bond donors (Lipinski definition) is 0. The zero-order chi connectivity index (χ0) is 48.6. The maximum atomic E-state index is 12.8. The lowest BCUT2D eigenvalue weighted by Crippen LogP contribution is -2.30. The molecule has 0 spiro atoms. The summed E-state index contributed by atoms with van der Waals surface area (Å²) in [4.78, 5) is 38.1. The number of carbonyl (C=O) groups is 3. The Morgan fingerprint density at radius 1 is 0.313 bits per heavy atom. The minimum Gasteiger partial charge on any atom is -0.462 e. The van der Waals surface area contributed by atoms with Crippen LogP contribution >= 0.6 is 0 Å². The highest BCUT2D eigenvalue weighted by atomic mass is 16.6. The number of esters is 3. The van der Waals surface area contributed by atoms with Crippen molar-refractivity contribution < 1.29 is 28.6 Å². The molecule has 0 rings (SSSR count). The van der Waals surface area contributed by atoms with Crippen LogP contribution in [0.5, 0.6) is 0 Å². The Morgan fingerprint density at radius 2 is 0.597 bits per heavy atom. The summed E-state index contributed by atoms with van der Waals surface area (Å²) in [5, 5.41) is 0. The molecule has 6 nitrogen and oxygen atoms in total. The van der Waals surface area contributed by atoms with Crippen molar-refractivity contribution in [2.75, 3.05) is 13.2 Å². The average Bonchev–Trinajstić information content (AvgIpc) is 3.33. The van der Waals surface area contributed by atoms with Gasteiger partial charge in [0, 0.05) is 19.3 Å². The van der Waals surface area contributed by atoms with E-state index in [1.165, 1.54) is 116 Å². The second-order valence-corrected chi connectivity index (χ2v) is 18.5. The van der Waals surface area contributed by atoms with E-state index in [1.54, 1.807) is 0 Å². The quantitative estimate of drug-likeness (QED) is 0.0262. The molecule has 0 aromatic carbocycles. The zero-order valence-corrected chi connectivity index (χ0v) is 43.9. The lowest BCUT2D eigenvalue weighted by atomic mass is 10.0. The van der Waals surface area contributed by atoms with Crippen LogP contribution in [0.15, 0.2) is 85.1 Å². The molecule has 0 heterocycles. The predicted octanol–water partition coefficient (Wildman–Crippen LogP) is 18.8. The fourth-order valence-electron chi connectivity index (χ4n) is 7.68. The van der Waals surface area contributed by atoms with E-state index in [4.69, 9.17) is 14.2 Å². The van der Waals surface area contributed by atoms with Crippen LogP contribution in [-0.2, 0) is 28.6 Å². The average molecular weight is 933 g/mol. The molecule has 6 heteroatoms. The monoisotopic (exact) mass is 933 g/mol. The highest BCUT2D eigenvalue weighted by molar-refractivity contribution is 5.71. The first-order valence-corrected chi connectivity index (χ1v) is 28.1. The molecule has 0 aliphatic heterocycles. The van der Waals surface area contributed by atoms with E-state index in [9.17, 15) is 14.4 Å². The van der Waals surface area contributed by atoms with Gasteiger partial charge in [0.25, 0.3) is 0 Å². The van der Waals surface area contributed by atoms with Gasteiger partial charge in [-0.15, -0.1) is 0 Å². The van der Waals surface area contributed by atoms with E-state index in [2.05, 4.69) is 106 Å². The van der Waals surface area contributed by atoms with Gasteiger partial charge in [0.1, 0.15) is 13.2 Å². The van der Waals surface area contributed by atoms with Gasteiger partial charge in [-0.25, -0.2) is 0 Å². The molecular formula is C61H104O6. The number of rotatable bonds is 50. The molecule has 0 amide bonds. The second-order valence-electron chi connectivity index (χ2n) is 18.5. The molecule has 384 valence electrons. The van der Waals surface area contributed by atoms with Crippen LogP contribution in [0.1, 0.15) is 265 Å². The summed E-state index contributed by atoms with van der Waals surface area (Å²) in [6.45, 7) is 6.45. The van der Waals surface area contributed by atoms with Crippen molar-refractivity contribution >= 4 is 17.9 Å². The van der Waals surface area contributed by atoms with Crippen LogP contribution in [0.25, 0.3) is 0 Å². The molecule has 0 aromatic rings. The first-order chi connectivity index (χ1) is 33.0. The molecule has 0 bridgehead atoms. The van der Waals surface area contributed by atoms with Gasteiger partial charge in [-0.3, -0.25) is 14.4 Å². The van der Waals surface area contributed by atoms with Crippen LogP contribution in [0, 0.1) is 0 Å². The van der Waals surface area contributed by atoms with Gasteiger partial charge in [0.15, 0.2) is 6.10 Å². The smallest absolute Gasteiger partial charge is 0.306 e. The molecule has 0 fully saturated rings. The fourth-order valence-corrected chi connectivity index (χ4v) is 7.68. The second kappa shape index (κ2) is 55.2. The van der Waals surface area contributed by atoms with Crippen molar-refractivity contribution in [3.8, 4) is 0 Å². The first-order valence-electron chi connectivity index (χ1n) is 28.1. The van der Waals surface area contributed by atoms with Crippen molar-refractivity contribution in [1.29, 1.82) is 0 Å². The molecule has 0 aliphatic rings. The largest absolute Gasteiger partial charge is 0.462 e. The summed E-state index contributed by atoms with van der Waals surface area (Å²) in [5.41, 5.74) is 0. The molecule has 1 atom stereocenters. The summed E-state index contributed by atoms with van der Waals surface area (Å²) < 4.78 is 16.8. The van der Waals surface area contributed by atoms with E-state index in [1.807, 2.05) is 0 Å². The fraction of sp³-hybridized carbons (Fsp3) is 0.721. The molecule has 0 aliphatic carbocycles. The Hall–Kier alpha value is -3.41. The summed E-state index contributed by atoms with van der Waals surface area (Å²) >= 11 is 0. The number of allylic oxidation sites excluding steroid dienone is 14. The van der Waals surface area contributed by atoms with Crippen LogP contribution in [0.4, 0.5) is 0 Å². The summed E-state index contributed by atoms with van der Waals surface area (Å²) in [7, 11) is 0. The van der Waals surface area contributed by atoms with Crippen molar-refractivity contribution in [2.24, 2.45) is 0 Å². The standard InChI is InChI=1S/C61H104O6/c1-4-7-10-13-16-19-22-25-28-30-33-36-39-42-45-48-51-54-60(63)66-57-58(56-65-59(62)53-50-47-44-41-38-35-32-27-24-21-18-15-12-9-6-3)67-61(64)55-52-49-46-43-40-37-34-31-29-26-23-20-17-14-11-8-5-2/h9,12,17-18,20-21,26-27,29,32,34,37,43,46,58H,4-8,10-11,13-16,19,22-25,28,30-31,33,35-36,38-42,44-45,47-57H2,1-3H3/b12-9-,20-17-,21-18-,29-26-,32-27-,37-34-,46-43-/t58-/m1/s1. The Bertz CT molecular complexity index is 1300. The minimum atomic E-state index is -0.811. The van der Waals surface area contributed by atoms with Gasteiger partial charge >= 0.3 is 17.9 Å². The van der Waals surface area contributed by atoms with E-state index < -0.39 is 6.10 Å². The molecule has 0 radical (unpaired) electrons. The predicted molar refractivity (Wildman–Crippen MR) is 288 cm³/mol. The topological polar surface area (TPSA) is 78.9 Å². The highest BCUT2D eigenvalue weighted by Crippen LogP contribution is 2.15. The van der Waals surface area contributed by atoms with Gasteiger partial charge < -0.3 is 14.2 Å². The third-order valence-electron chi connectivity index (χ3n) is 11.9. The SMILES string of the molecule is CC/C=C\C/C=C\C/C=C\CCCCCCCC(=O)OC[C@H](COC(=O)CCCCCCCCCCCCCCCCCCC)OC(=O)CCC/C=C\C/C=C\C/C=C\C/C=C\CCCCC. The van der Waals surface area contributed by atoms with Gasteiger partial charge in [-0.05, 0) is 89.9 Å². The van der Waals surface area contributed by atoms with Crippen LogP contribution in [-0.4, -0.2) is 37.2 Å². The first kappa shape index (κ1) is 63.6. The third kappa shape index (κ3) is 53.4. The van der Waals surface area contributed by atoms with E-state index in [0.717, 1.165) is 103 Å². The maximum absolute atomic E-state index is 12.8. The molecule has 0 unspecified atom stereocenters. The van der Waals surface area contributed by atoms with Gasteiger partial charge in [0.05, 0.1) is 0 Å². The number of unbranched alkanes of at least 4 members (excludes halogenated alkanes) is 25. The van der Waals surface area contributed by atoms with Gasteiger partial charge in [0.2, 0.25) is 0 Å². The lowest BCUT2D eigenvalue weighted by molar-refractivity contribution is -0.167. The molecule has 0 saturated carbocycles. The number of ether oxygens (including phenoxy) is 3. The van der Waals surface area contributed by atoms with Gasteiger partial charge in [-0.2, -0.15) is 0 Å². The number of carbonyl (C=O) groups excluding carboxylic acids is 3.